The third-order valence-corrected chi connectivity index (χ3v) is 4.91. The molecule has 0 atom stereocenters. The van der Waals surface area contributed by atoms with Crippen LogP contribution >= 0.6 is 12.2 Å². The van der Waals surface area contributed by atoms with Crippen LogP contribution in [0, 0.1) is 0 Å². The number of nitrogens with one attached hydrogen (secondary N) is 1. The highest BCUT2D eigenvalue weighted by molar-refractivity contribution is 7.80. The second-order valence-electron chi connectivity index (χ2n) is 7.43. The molecule has 0 fully saturated rings. The van der Waals surface area contributed by atoms with Crippen LogP contribution in [-0.4, -0.2) is 11.7 Å². The Morgan fingerprint density at radius 1 is 0.963 bits per heavy atom. The Morgan fingerprint density at radius 2 is 1.56 bits per heavy atom. The third kappa shape index (κ3) is 5.70. The molecule has 2 rings (SSSR count). The zero-order chi connectivity index (χ0) is 19.8. The lowest BCUT2D eigenvalue weighted by molar-refractivity contribution is 0.255. The maximum atomic E-state index is 6.10. The van der Waals surface area contributed by atoms with Crippen molar-refractivity contribution >= 4 is 23.0 Å². The van der Waals surface area contributed by atoms with E-state index in [0.29, 0.717) is 16.9 Å². The molecule has 0 amide bonds. The maximum Gasteiger partial charge on any atom is 0.207 e. The van der Waals surface area contributed by atoms with E-state index in [4.69, 9.17) is 17.1 Å². The quantitative estimate of drug-likeness (QED) is 0.420. The van der Waals surface area contributed by atoms with Crippen LogP contribution in [0.4, 0.5) is 5.69 Å². The highest BCUT2D eigenvalue weighted by Gasteiger charge is 2.18. The number of unbranched alkanes of at least 4 members (excludes halogenated alkanes) is 1. The Hall–Kier alpha value is -2.07. The van der Waals surface area contributed by atoms with E-state index < -0.39 is 0 Å². The van der Waals surface area contributed by atoms with E-state index in [1.54, 1.807) is 0 Å². The molecule has 2 aromatic carbocycles. The first-order valence-corrected chi connectivity index (χ1v) is 10.3. The van der Waals surface area contributed by atoms with E-state index in [1.807, 2.05) is 18.2 Å². The molecule has 0 spiro atoms. The molecule has 2 aromatic rings. The van der Waals surface area contributed by atoms with Crippen molar-refractivity contribution in [3.63, 3.8) is 0 Å². The largest absolute Gasteiger partial charge is 0.379 e. The monoisotopic (exact) mass is 384 g/mol. The van der Waals surface area contributed by atoms with Crippen LogP contribution in [0.3, 0.4) is 0 Å². The topological polar surface area (TPSA) is 24.5 Å². The maximum absolute atomic E-state index is 6.10. The van der Waals surface area contributed by atoms with Gasteiger partial charge in [-0.15, -0.1) is 0 Å². The molecule has 146 valence electrons. The molecule has 0 aliphatic heterocycles. The summed E-state index contributed by atoms with van der Waals surface area (Å²) in [6, 6.07) is 16.6. The van der Waals surface area contributed by atoms with Crippen molar-refractivity contribution in [1.82, 2.24) is 5.48 Å². The number of nitrogens with zero attached hydrogens (tertiary/aromatic N) is 1. The lowest BCUT2D eigenvalue weighted by Crippen LogP contribution is -2.42. The second-order valence-corrected chi connectivity index (χ2v) is 7.81. The smallest absolute Gasteiger partial charge is 0.207 e. The predicted molar refractivity (Wildman–Crippen MR) is 120 cm³/mol. The SMILES string of the molecule is CCCCN(C(=S)NOc1c(C(C)C)cccc1C(C)C)c1ccccc1. The van der Waals surface area contributed by atoms with Crippen molar-refractivity contribution in [2.75, 3.05) is 11.4 Å². The molecular formula is C23H32N2OS. The van der Waals surface area contributed by atoms with Gasteiger partial charge < -0.3 is 9.74 Å². The van der Waals surface area contributed by atoms with E-state index in [9.17, 15) is 0 Å². The summed E-state index contributed by atoms with van der Waals surface area (Å²) in [5.74, 6) is 1.65. The fourth-order valence-electron chi connectivity index (χ4n) is 3.02. The highest BCUT2D eigenvalue weighted by atomic mass is 32.1. The number of para-hydroxylation sites is 2. The molecule has 27 heavy (non-hydrogen) atoms. The van der Waals surface area contributed by atoms with Crippen LogP contribution in [0.1, 0.15) is 70.4 Å². The first kappa shape index (κ1) is 21.2. The molecule has 0 aliphatic rings. The normalized spacial score (nSPS) is 10.9. The summed E-state index contributed by atoms with van der Waals surface area (Å²) in [6.07, 6.45) is 2.18. The van der Waals surface area contributed by atoms with Gasteiger partial charge >= 0.3 is 0 Å². The van der Waals surface area contributed by atoms with Gasteiger partial charge in [0, 0.05) is 23.4 Å². The van der Waals surface area contributed by atoms with E-state index >= 15 is 0 Å². The minimum Gasteiger partial charge on any atom is -0.379 e. The van der Waals surface area contributed by atoms with Gasteiger partial charge in [0.05, 0.1) is 0 Å². The summed E-state index contributed by atoms with van der Waals surface area (Å²) < 4.78 is 0. The molecule has 0 aliphatic carbocycles. The van der Waals surface area contributed by atoms with Crippen LogP contribution in [0.25, 0.3) is 0 Å². The standard InChI is InChI=1S/C23H32N2OS/c1-6-7-16-25(19-12-9-8-10-13-19)23(27)24-26-22-20(17(2)3)14-11-15-21(22)18(4)5/h8-15,17-18H,6-7,16H2,1-5H3,(H,24,27). The first-order valence-electron chi connectivity index (χ1n) is 9.87. The van der Waals surface area contributed by atoms with Crippen LogP contribution in [-0.2, 0) is 0 Å². The van der Waals surface area contributed by atoms with E-state index in [-0.39, 0.29) is 0 Å². The fourth-order valence-corrected chi connectivity index (χ4v) is 3.26. The van der Waals surface area contributed by atoms with Crippen LogP contribution in [0.5, 0.6) is 5.75 Å². The lowest BCUT2D eigenvalue weighted by atomic mass is 9.94. The fraction of sp³-hybridized carbons (Fsp3) is 0.435. The molecule has 0 unspecified atom stereocenters. The first-order chi connectivity index (χ1) is 13.0. The number of hydrogen-bond donors (Lipinski definition) is 1. The summed E-state index contributed by atoms with van der Waals surface area (Å²) in [4.78, 5) is 8.21. The van der Waals surface area contributed by atoms with Crippen molar-refractivity contribution in [3.8, 4) is 5.75 Å². The van der Waals surface area contributed by atoms with Gasteiger partial charge in [0.2, 0.25) is 5.11 Å². The molecule has 0 aromatic heterocycles. The summed E-state index contributed by atoms with van der Waals surface area (Å²) in [6.45, 7) is 11.8. The van der Waals surface area contributed by atoms with Gasteiger partial charge in [-0.3, -0.25) is 0 Å². The van der Waals surface area contributed by atoms with Gasteiger partial charge in [-0.1, -0.05) is 77.4 Å². The molecule has 3 nitrogen and oxygen atoms in total. The Labute approximate surface area is 169 Å². The van der Waals surface area contributed by atoms with Gasteiger partial charge in [-0.2, -0.15) is 5.48 Å². The molecule has 0 radical (unpaired) electrons. The van der Waals surface area contributed by atoms with Crippen molar-refractivity contribution in [3.05, 3.63) is 59.7 Å². The van der Waals surface area contributed by atoms with Gasteiger partial charge in [0.15, 0.2) is 5.75 Å². The number of benzene rings is 2. The third-order valence-electron chi connectivity index (χ3n) is 4.61. The second kappa shape index (κ2) is 10.3. The van der Waals surface area contributed by atoms with Crippen molar-refractivity contribution in [2.24, 2.45) is 0 Å². The van der Waals surface area contributed by atoms with Crippen molar-refractivity contribution < 1.29 is 4.84 Å². The minimum atomic E-state index is 0.374. The molecule has 0 bridgehead atoms. The van der Waals surface area contributed by atoms with Gasteiger partial charge in [-0.25, -0.2) is 0 Å². The van der Waals surface area contributed by atoms with E-state index in [1.165, 1.54) is 11.1 Å². The molecule has 0 heterocycles. The average Bonchev–Trinajstić information content (AvgIpc) is 2.67. The van der Waals surface area contributed by atoms with E-state index in [2.05, 4.69) is 75.3 Å². The van der Waals surface area contributed by atoms with Crippen molar-refractivity contribution in [1.29, 1.82) is 0 Å². The minimum absolute atomic E-state index is 0.374. The molecule has 1 N–H and O–H groups in total. The Kier molecular flexibility index (Phi) is 8.11. The van der Waals surface area contributed by atoms with Crippen LogP contribution in [0.2, 0.25) is 0 Å². The Morgan fingerprint density at radius 3 is 2.07 bits per heavy atom. The Bertz CT molecular complexity index is 702. The highest BCUT2D eigenvalue weighted by Crippen LogP contribution is 2.34. The summed E-state index contributed by atoms with van der Waals surface area (Å²) in [5.41, 5.74) is 6.51. The summed E-state index contributed by atoms with van der Waals surface area (Å²) in [5, 5.41) is 0.586. The zero-order valence-electron chi connectivity index (χ0n) is 17.2. The van der Waals surface area contributed by atoms with E-state index in [0.717, 1.165) is 30.8 Å². The number of hydroxylamine groups is 1. The van der Waals surface area contributed by atoms with Crippen molar-refractivity contribution in [2.45, 2.75) is 59.3 Å². The zero-order valence-corrected chi connectivity index (χ0v) is 18.0. The number of hydrogen-bond acceptors (Lipinski definition) is 2. The molecular weight excluding hydrogens is 352 g/mol. The summed E-state index contributed by atoms with van der Waals surface area (Å²) >= 11 is 5.68. The van der Waals surface area contributed by atoms with Gasteiger partial charge in [-0.05, 0) is 42.6 Å². The Balaban J connectivity index is 2.22. The number of thiocarbonyl (C=S) groups is 1. The summed E-state index contributed by atoms with van der Waals surface area (Å²) in [7, 11) is 0. The lowest BCUT2D eigenvalue weighted by Gasteiger charge is -2.27. The van der Waals surface area contributed by atoms with Crippen LogP contribution < -0.4 is 15.2 Å². The molecule has 0 saturated heterocycles. The average molecular weight is 385 g/mol. The van der Waals surface area contributed by atoms with Gasteiger partial charge in [0.25, 0.3) is 0 Å². The van der Waals surface area contributed by atoms with Crippen LogP contribution in [0.15, 0.2) is 48.5 Å². The predicted octanol–water partition coefficient (Wildman–Crippen LogP) is 6.41. The van der Waals surface area contributed by atoms with Gasteiger partial charge in [0.1, 0.15) is 0 Å². The number of rotatable bonds is 8. The molecule has 0 saturated carbocycles. The number of anilines is 1. The molecule has 4 heteroatoms.